The molecule has 2 heterocycles. The van der Waals surface area contributed by atoms with Gasteiger partial charge < -0.3 is 14.9 Å². The minimum Gasteiger partial charge on any atom is -0.497 e. The van der Waals surface area contributed by atoms with Crippen molar-refractivity contribution in [2.75, 3.05) is 12.4 Å². The van der Waals surface area contributed by atoms with Gasteiger partial charge in [-0.1, -0.05) is 22.8 Å². The Kier molecular flexibility index (Phi) is 5.90. The molecule has 1 atom stereocenters. The molecule has 9 heteroatoms. The summed E-state index contributed by atoms with van der Waals surface area (Å²) < 4.78 is 20.8. The van der Waals surface area contributed by atoms with Gasteiger partial charge in [-0.05, 0) is 48.9 Å². The summed E-state index contributed by atoms with van der Waals surface area (Å²) in [5.41, 5.74) is 2.62. The van der Waals surface area contributed by atoms with Gasteiger partial charge in [0.2, 0.25) is 6.10 Å². The van der Waals surface area contributed by atoms with Crippen LogP contribution in [0.25, 0.3) is 0 Å². The largest absolute Gasteiger partial charge is 0.497 e. The van der Waals surface area contributed by atoms with Crippen molar-refractivity contribution in [3.05, 3.63) is 76.2 Å². The van der Waals surface area contributed by atoms with Gasteiger partial charge >= 0.3 is 0 Å². The first-order valence-electron chi connectivity index (χ1n) is 9.60. The van der Waals surface area contributed by atoms with Crippen molar-refractivity contribution in [3.8, 4) is 5.75 Å². The topological polar surface area (TPSA) is 77.7 Å². The van der Waals surface area contributed by atoms with Gasteiger partial charge in [0.25, 0.3) is 5.91 Å². The minimum atomic E-state index is -0.761. The van der Waals surface area contributed by atoms with E-state index in [1.807, 2.05) is 31.2 Å². The number of aryl methyl sites for hydroxylation is 1. The normalized spacial score (nSPS) is 15.4. The average molecular weight is 443 g/mol. The number of benzene rings is 2. The fraction of sp³-hybridized carbons (Fsp3) is 0.227. The number of ether oxygens (including phenoxy) is 1. The SMILES string of the molecule is COc1ccc(C2=NOC(C(=O)Nc3cc(C)n(Cc4c(F)cccc4Cl)n3)C2)cc1. The lowest BCUT2D eigenvalue weighted by atomic mass is 10.0. The van der Waals surface area contributed by atoms with Crippen molar-refractivity contribution in [1.29, 1.82) is 0 Å². The number of amides is 1. The maximum Gasteiger partial charge on any atom is 0.269 e. The number of hydrogen-bond donors (Lipinski definition) is 1. The number of nitrogens with one attached hydrogen (secondary N) is 1. The van der Waals surface area contributed by atoms with Gasteiger partial charge in [0.1, 0.15) is 11.6 Å². The maximum absolute atomic E-state index is 14.1. The van der Waals surface area contributed by atoms with E-state index in [0.717, 1.165) is 17.0 Å². The summed E-state index contributed by atoms with van der Waals surface area (Å²) in [6, 6.07) is 13.6. The fourth-order valence-electron chi connectivity index (χ4n) is 3.24. The van der Waals surface area contributed by atoms with Crippen LogP contribution in [0.2, 0.25) is 5.02 Å². The molecule has 1 aromatic heterocycles. The summed E-state index contributed by atoms with van der Waals surface area (Å²) in [6.07, 6.45) is -0.425. The smallest absolute Gasteiger partial charge is 0.269 e. The molecule has 0 fully saturated rings. The number of oxime groups is 1. The van der Waals surface area contributed by atoms with Crippen LogP contribution in [0.4, 0.5) is 10.2 Å². The summed E-state index contributed by atoms with van der Waals surface area (Å²) in [5, 5.41) is 11.4. The third-order valence-electron chi connectivity index (χ3n) is 4.99. The molecule has 4 rings (SSSR count). The molecule has 3 aromatic rings. The summed E-state index contributed by atoms with van der Waals surface area (Å²) in [5.74, 6) is 0.313. The van der Waals surface area contributed by atoms with E-state index in [-0.39, 0.29) is 12.5 Å². The van der Waals surface area contributed by atoms with Gasteiger partial charge in [-0.15, -0.1) is 0 Å². The van der Waals surface area contributed by atoms with Gasteiger partial charge in [-0.25, -0.2) is 4.39 Å². The molecular weight excluding hydrogens is 423 g/mol. The number of halogens is 2. The summed E-state index contributed by atoms with van der Waals surface area (Å²) >= 11 is 6.10. The fourth-order valence-corrected chi connectivity index (χ4v) is 3.47. The molecule has 0 saturated heterocycles. The molecule has 31 heavy (non-hydrogen) atoms. The molecule has 0 spiro atoms. The second-order valence-electron chi connectivity index (χ2n) is 7.08. The molecule has 0 radical (unpaired) electrons. The minimum absolute atomic E-state index is 0.151. The maximum atomic E-state index is 14.1. The summed E-state index contributed by atoms with van der Waals surface area (Å²) in [6.45, 7) is 1.96. The number of hydrogen-bond acceptors (Lipinski definition) is 5. The zero-order valence-electron chi connectivity index (χ0n) is 16.9. The van der Waals surface area contributed by atoms with E-state index < -0.39 is 11.9 Å². The summed E-state index contributed by atoms with van der Waals surface area (Å²) in [4.78, 5) is 17.9. The molecule has 1 N–H and O–H groups in total. The molecule has 1 amide bonds. The van der Waals surface area contributed by atoms with E-state index in [4.69, 9.17) is 21.2 Å². The standard InChI is InChI=1S/C22H20ClFN4O3/c1-13-10-21(26-28(13)12-16-17(23)4-3-5-18(16)24)25-22(29)20-11-19(27-31-20)14-6-8-15(30-2)9-7-14/h3-10,20H,11-12H2,1-2H3,(H,25,26,29). The van der Waals surface area contributed by atoms with Crippen LogP contribution >= 0.6 is 11.6 Å². The predicted molar refractivity (Wildman–Crippen MR) is 115 cm³/mol. The Morgan fingerprint density at radius 2 is 2.10 bits per heavy atom. The van der Waals surface area contributed by atoms with Gasteiger partial charge in [-0.2, -0.15) is 5.10 Å². The third kappa shape index (κ3) is 4.54. The number of carbonyl (C=O) groups excluding carboxylic acids is 1. The van der Waals surface area contributed by atoms with E-state index in [0.29, 0.717) is 28.5 Å². The highest BCUT2D eigenvalue weighted by atomic mass is 35.5. The van der Waals surface area contributed by atoms with E-state index in [9.17, 15) is 9.18 Å². The Bertz CT molecular complexity index is 1120. The lowest BCUT2D eigenvalue weighted by molar-refractivity contribution is -0.125. The molecule has 7 nitrogen and oxygen atoms in total. The number of anilines is 1. The Morgan fingerprint density at radius 1 is 1.32 bits per heavy atom. The molecule has 0 bridgehead atoms. The molecule has 160 valence electrons. The van der Waals surface area contributed by atoms with Crippen LogP contribution in [0, 0.1) is 12.7 Å². The van der Waals surface area contributed by atoms with Crippen LogP contribution in [0.5, 0.6) is 5.75 Å². The van der Waals surface area contributed by atoms with E-state index in [2.05, 4.69) is 15.6 Å². The Labute approximate surface area is 183 Å². The monoisotopic (exact) mass is 442 g/mol. The number of methoxy groups -OCH3 is 1. The quantitative estimate of drug-likeness (QED) is 0.621. The Balaban J connectivity index is 1.40. The second-order valence-corrected chi connectivity index (χ2v) is 7.49. The van der Waals surface area contributed by atoms with Crippen molar-refractivity contribution in [2.24, 2.45) is 5.16 Å². The zero-order valence-corrected chi connectivity index (χ0v) is 17.7. The lowest BCUT2D eigenvalue weighted by Gasteiger charge is -2.08. The van der Waals surface area contributed by atoms with Crippen molar-refractivity contribution < 1.29 is 18.8 Å². The van der Waals surface area contributed by atoms with Crippen molar-refractivity contribution in [3.63, 3.8) is 0 Å². The second kappa shape index (κ2) is 8.77. The molecule has 1 aliphatic rings. The average Bonchev–Trinajstić information content (AvgIpc) is 3.38. The van der Waals surface area contributed by atoms with E-state index in [1.165, 1.54) is 6.07 Å². The van der Waals surface area contributed by atoms with Crippen molar-refractivity contribution >= 4 is 29.0 Å². The Morgan fingerprint density at radius 3 is 2.81 bits per heavy atom. The first-order chi connectivity index (χ1) is 14.9. The molecule has 1 unspecified atom stereocenters. The highest BCUT2D eigenvalue weighted by Crippen LogP contribution is 2.23. The molecule has 0 aliphatic carbocycles. The van der Waals surface area contributed by atoms with Gasteiger partial charge in [0, 0.05) is 28.8 Å². The molecule has 1 aliphatic heterocycles. The van der Waals surface area contributed by atoms with Crippen LogP contribution < -0.4 is 10.1 Å². The van der Waals surface area contributed by atoms with Crippen molar-refractivity contribution in [2.45, 2.75) is 26.0 Å². The van der Waals surface area contributed by atoms with Crippen LogP contribution in [0.3, 0.4) is 0 Å². The third-order valence-corrected chi connectivity index (χ3v) is 5.34. The summed E-state index contributed by atoms with van der Waals surface area (Å²) in [7, 11) is 1.60. The van der Waals surface area contributed by atoms with Gasteiger partial charge in [-0.3, -0.25) is 9.48 Å². The highest BCUT2D eigenvalue weighted by molar-refractivity contribution is 6.31. The highest BCUT2D eigenvalue weighted by Gasteiger charge is 2.29. The first-order valence-corrected chi connectivity index (χ1v) is 9.97. The van der Waals surface area contributed by atoms with Crippen LogP contribution in [0.15, 0.2) is 53.7 Å². The number of nitrogens with zero attached hydrogens (tertiary/aromatic N) is 3. The van der Waals surface area contributed by atoms with Crippen LogP contribution in [0.1, 0.15) is 23.2 Å². The van der Waals surface area contributed by atoms with Gasteiger partial charge in [0.15, 0.2) is 5.82 Å². The molecule has 0 saturated carbocycles. The number of carbonyl (C=O) groups is 1. The predicted octanol–water partition coefficient (Wildman–Crippen LogP) is 4.17. The molecular formula is C22H20ClFN4O3. The first kappa shape index (κ1) is 20.9. The van der Waals surface area contributed by atoms with E-state index >= 15 is 0 Å². The van der Waals surface area contributed by atoms with Crippen molar-refractivity contribution in [1.82, 2.24) is 9.78 Å². The van der Waals surface area contributed by atoms with E-state index in [1.54, 1.807) is 30.0 Å². The number of aromatic nitrogens is 2. The zero-order chi connectivity index (χ0) is 22.0. The molecule has 2 aromatic carbocycles. The van der Waals surface area contributed by atoms with Crippen LogP contribution in [-0.2, 0) is 16.2 Å². The van der Waals surface area contributed by atoms with Crippen LogP contribution in [-0.4, -0.2) is 34.6 Å². The lowest BCUT2D eigenvalue weighted by Crippen LogP contribution is -2.28. The number of rotatable bonds is 6. The van der Waals surface area contributed by atoms with Gasteiger partial charge in [0.05, 0.1) is 19.4 Å². The Hall–Kier alpha value is -3.39.